The number of hydrogen-bond donors (Lipinski definition) is 0. The van der Waals surface area contributed by atoms with E-state index in [2.05, 4.69) is 15.9 Å². The molecule has 0 aliphatic carbocycles. The molecule has 1 heterocycles. The Balaban J connectivity index is 1.45. The summed E-state index contributed by atoms with van der Waals surface area (Å²) < 4.78 is 20.5. The van der Waals surface area contributed by atoms with Crippen molar-refractivity contribution >= 4 is 79.4 Å². The summed E-state index contributed by atoms with van der Waals surface area (Å²) in [6.45, 7) is 3.92. The third-order valence-electron chi connectivity index (χ3n) is 6.19. The zero-order valence-electron chi connectivity index (χ0n) is 21.4. The highest BCUT2D eigenvalue weighted by Crippen LogP contribution is 2.39. The van der Waals surface area contributed by atoms with E-state index in [1.165, 1.54) is 17.8 Å². The highest BCUT2D eigenvalue weighted by atomic mass is 79.9. The molecule has 1 amide bonds. The lowest BCUT2D eigenvalue weighted by atomic mass is 10.2. The van der Waals surface area contributed by atoms with Crippen molar-refractivity contribution in [2.45, 2.75) is 20.5 Å². The second-order valence-electron chi connectivity index (χ2n) is 9.08. The lowest BCUT2D eigenvalue weighted by Crippen LogP contribution is -2.28. The molecule has 0 atom stereocenters. The second-order valence-corrected chi connectivity index (χ2v) is 11.8. The van der Waals surface area contributed by atoms with Crippen LogP contribution in [0.3, 0.4) is 0 Å². The number of carbonyl (C=O) groups excluding carboxylic acids is 1. The van der Waals surface area contributed by atoms with Crippen LogP contribution in [0.15, 0.2) is 93.2 Å². The maximum atomic E-state index is 14.0. The van der Waals surface area contributed by atoms with Crippen molar-refractivity contribution in [3.05, 3.63) is 126 Å². The molecular formula is C31H22BrCl2FN2O2S. The van der Waals surface area contributed by atoms with Gasteiger partial charge in [-0.3, -0.25) is 9.69 Å². The minimum absolute atomic E-state index is 0.0942. The van der Waals surface area contributed by atoms with Crippen molar-refractivity contribution in [1.82, 2.24) is 0 Å². The van der Waals surface area contributed by atoms with Crippen LogP contribution in [0.2, 0.25) is 10.0 Å². The molecule has 0 spiro atoms. The minimum Gasteiger partial charge on any atom is -0.488 e. The quantitative estimate of drug-likeness (QED) is 0.194. The number of carbonyl (C=O) groups is 1. The van der Waals surface area contributed by atoms with Crippen molar-refractivity contribution in [3.8, 4) is 5.75 Å². The lowest BCUT2D eigenvalue weighted by molar-refractivity contribution is -0.113. The van der Waals surface area contributed by atoms with Crippen LogP contribution in [0.25, 0.3) is 6.08 Å². The van der Waals surface area contributed by atoms with Gasteiger partial charge in [0.25, 0.3) is 5.91 Å². The molecular weight excluding hydrogens is 634 g/mol. The largest absolute Gasteiger partial charge is 0.488 e. The molecule has 9 heteroatoms. The van der Waals surface area contributed by atoms with E-state index in [9.17, 15) is 9.18 Å². The van der Waals surface area contributed by atoms with E-state index in [4.69, 9.17) is 32.9 Å². The SMILES string of the molecule is Cc1ccc(N=C2S/C(=C/c3ccc(OCc4ccccc4F)c(Br)c3)C(=O)N2c2ccc(C)c(Cl)c2)cc1Cl. The van der Waals surface area contributed by atoms with Gasteiger partial charge in [-0.2, -0.15) is 0 Å². The highest BCUT2D eigenvalue weighted by molar-refractivity contribution is 9.10. The van der Waals surface area contributed by atoms with E-state index < -0.39 is 0 Å². The van der Waals surface area contributed by atoms with Gasteiger partial charge in [0.1, 0.15) is 18.2 Å². The number of amides is 1. The number of nitrogens with zero attached hydrogens (tertiary/aromatic N) is 2. The fourth-order valence-corrected chi connectivity index (χ4v) is 5.77. The van der Waals surface area contributed by atoms with Crippen LogP contribution in [-0.4, -0.2) is 11.1 Å². The van der Waals surface area contributed by atoms with Gasteiger partial charge >= 0.3 is 0 Å². The van der Waals surface area contributed by atoms with E-state index in [0.29, 0.717) is 47.3 Å². The molecule has 0 radical (unpaired) electrons. The Morgan fingerprint density at radius 1 is 0.975 bits per heavy atom. The number of benzene rings is 4. The summed E-state index contributed by atoms with van der Waals surface area (Å²) in [7, 11) is 0. The molecule has 4 nitrogen and oxygen atoms in total. The maximum absolute atomic E-state index is 14.0. The second kappa shape index (κ2) is 12.2. The molecule has 4 aromatic carbocycles. The average Bonchev–Trinajstić information content (AvgIpc) is 3.22. The van der Waals surface area contributed by atoms with E-state index in [-0.39, 0.29) is 18.3 Å². The Morgan fingerprint density at radius 2 is 1.70 bits per heavy atom. The smallest absolute Gasteiger partial charge is 0.271 e. The molecule has 0 unspecified atom stereocenters. The summed E-state index contributed by atoms with van der Waals surface area (Å²) >= 11 is 17.5. The Kier molecular flexibility index (Phi) is 8.66. The van der Waals surface area contributed by atoms with Crippen molar-refractivity contribution in [1.29, 1.82) is 0 Å². The van der Waals surface area contributed by atoms with Crippen LogP contribution in [0, 0.1) is 19.7 Å². The number of anilines is 1. The third kappa shape index (κ3) is 6.28. The Labute approximate surface area is 254 Å². The van der Waals surface area contributed by atoms with Gasteiger partial charge in [0, 0.05) is 15.6 Å². The van der Waals surface area contributed by atoms with Gasteiger partial charge in [-0.25, -0.2) is 9.38 Å². The van der Waals surface area contributed by atoms with Crippen LogP contribution in [0.1, 0.15) is 22.3 Å². The summed E-state index contributed by atoms with van der Waals surface area (Å²) in [4.78, 5) is 20.5. The van der Waals surface area contributed by atoms with Gasteiger partial charge in [0.05, 0.1) is 20.8 Å². The van der Waals surface area contributed by atoms with Crippen LogP contribution in [0.4, 0.5) is 15.8 Å². The van der Waals surface area contributed by atoms with Gasteiger partial charge in [-0.1, -0.05) is 59.6 Å². The molecule has 1 aliphatic heterocycles. The Bertz CT molecular complexity index is 1690. The first-order valence-electron chi connectivity index (χ1n) is 12.2. The topological polar surface area (TPSA) is 41.9 Å². The molecule has 40 heavy (non-hydrogen) atoms. The number of rotatable bonds is 6. The molecule has 0 aromatic heterocycles. The summed E-state index contributed by atoms with van der Waals surface area (Å²) in [5, 5.41) is 1.64. The Hall–Kier alpha value is -3.10. The van der Waals surface area contributed by atoms with Gasteiger partial charge < -0.3 is 4.74 Å². The van der Waals surface area contributed by atoms with Gasteiger partial charge in [0.15, 0.2) is 5.17 Å². The first-order valence-corrected chi connectivity index (χ1v) is 14.6. The van der Waals surface area contributed by atoms with Crippen molar-refractivity contribution in [2.24, 2.45) is 4.99 Å². The van der Waals surface area contributed by atoms with Gasteiger partial charge in [-0.15, -0.1) is 0 Å². The average molecular weight is 656 g/mol. The number of amidine groups is 1. The van der Waals surface area contributed by atoms with Crippen LogP contribution >= 0.6 is 50.9 Å². The van der Waals surface area contributed by atoms with Crippen LogP contribution in [-0.2, 0) is 11.4 Å². The summed E-state index contributed by atoms with van der Waals surface area (Å²) in [6.07, 6.45) is 1.80. The van der Waals surface area contributed by atoms with Gasteiger partial charge in [-0.05, 0) is 107 Å². The predicted octanol–water partition coefficient (Wildman–Crippen LogP) is 9.90. The first-order chi connectivity index (χ1) is 19.2. The zero-order chi connectivity index (χ0) is 28.4. The normalized spacial score (nSPS) is 15.3. The maximum Gasteiger partial charge on any atom is 0.271 e. The molecule has 0 saturated carbocycles. The summed E-state index contributed by atoms with van der Waals surface area (Å²) in [5.41, 5.74) is 4.34. The first kappa shape index (κ1) is 28.4. The van der Waals surface area contributed by atoms with E-state index in [1.807, 2.05) is 50.2 Å². The molecule has 5 rings (SSSR count). The van der Waals surface area contributed by atoms with Crippen LogP contribution < -0.4 is 9.64 Å². The molecule has 202 valence electrons. The van der Waals surface area contributed by atoms with E-state index >= 15 is 0 Å². The minimum atomic E-state index is -0.318. The third-order valence-corrected chi connectivity index (χ3v) is 8.60. The lowest BCUT2D eigenvalue weighted by Gasteiger charge is -2.16. The molecule has 4 aromatic rings. The number of hydrogen-bond acceptors (Lipinski definition) is 4. The molecule has 0 bridgehead atoms. The number of thioether (sulfide) groups is 1. The zero-order valence-corrected chi connectivity index (χ0v) is 25.3. The highest BCUT2D eigenvalue weighted by Gasteiger charge is 2.35. The number of aliphatic imine (C=N–C) groups is 1. The number of aryl methyl sites for hydroxylation is 2. The molecule has 1 fully saturated rings. The fourth-order valence-electron chi connectivity index (χ4n) is 3.91. The fraction of sp³-hybridized carbons (Fsp3) is 0.0968. The van der Waals surface area contributed by atoms with Crippen molar-refractivity contribution < 1.29 is 13.9 Å². The number of ether oxygens (including phenoxy) is 1. The van der Waals surface area contributed by atoms with Crippen molar-refractivity contribution in [3.63, 3.8) is 0 Å². The van der Waals surface area contributed by atoms with Crippen LogP contribution in [0.5, 0.6) is 5.75 Å². The Morgan fingerprint density at radius 3 is 2.40 bits per heavy atom. The molecule has 1 saturated heterocycles. The van der Waals surface area contributed by atoms with E-state index in [1.54, 1.807) is 47.4 Å². The van der Waals surface area contributed by atoms with Gasteiger partial charge in [0.2, 0.25) is 0 Å². The standard InChI is InChI=1S/C31H22BrCl2FN2O2S/c1-18-7-10-22(15-25(18)33)36-31-37(23-11-8-19(2)26(34)16-23)30(38)29(40-31)14-20-9-12-28(24(32)13-20)39-17-21-5-3-4-6-27(21)35/h3-16H,17H2,1-2H3/b29-14+,36-31?. The molecule has 0 N–H and O–H groups in total. The summed E-state index contributed by atoms with van der Waals surface area (Å²) in [6, 6.07) is 22.9. The molecule has 1 aliphatic rings. The monoisotopic (exact) mass is 654 g/mol. The van der Waals surface area contributed by atoms with E-state index in [0.717, 1.165) is 16.7 Å². The summed E-state index contributed by atoms with van der Waals surface area (Å²) in [5.74, 6) is 0.0182. The predicted molar refractivity (Wildman–Crippen MR) is 167 cm³/mol. The van der Waals surface area contributed by atoms with Crippen molar-refractivity contribution in [2.75, 3.05) is 4.90 Å². The number of halogens is 4.